The van der Waals surface area contributed by atoms with Crippen molar-refractivity contribution in [2.75, 3.05) is 13.1 Å². The Morgan fingerprint density at radius 3 is 2.44 bits per heavy atom. The van der Waals surface area contributed by atoms with Crippen LogP contribution in [0.3, 0.4) is 0 Å². The van der Waals surface area contributed by atoms with Gasteiger partial charge in [0, 0.05) is 70.1 Å². The molecule has 0 bridgehead atoms. The van der Waals surface area contributed by atoms with E-state index in [4.69, 9.17) is 11.6 Å². The lowest BCUT2D eigenvalue weighted by molar-refractivity contribution is 0.0778. The average Bonchev–Trinajstić information content (AvgIpc) is 3.12. The molecule has 1 aliphatic heterocycles. The molecule has 166 valence electrons. The van der Waals surface area contributed by atoms with E-state index in [1.807, 2.05) is 35.5 Å². The predicted molar refractivity (Wildman–Crippen MR) is 131 cm³/mol. The molecule has 0 N–H and O–H groups in total. The topological polar surface area (TPSA) is 46.1 Å². The number of halogens is 1. The zero-order valence-electron chi connectivity index (χ0n) is 19.4. The van der Waals surface area contributed by atoms with Gasteiger partial charge in [0.1, 0.15) is 0 Å². The van der Waals surface area contributed by atoms with Crippen molar-refractivity contribution in [1.82, 2.24) is 14.9 Å². The van der Waals surface area contributed by atoms with E-state index in [9.17, 15) is 4.79 Å². The van der Waals surface area contributed by atoms with Crippen LogP contribution >= 0.6 is 11.6 Å². The van der Waals surface area contributed by atoms with Crippen molar-refractivity contribution in [3.8, 4) is 22.3 Å². The van der Waals surface area contributed by atoms with Gasteiger partial charge in [-0.25, -0.2) is 0 Å². The highest BCUT2D eigenvalue weighted by Crippen LogP contribution is 2.34. The second-order valence-electron chi connectivity index (χ2n) is 10.5. The maximum Gasteiger partial charge on any atom is 0.253 e. The van der Waals surface area contributed by atoms with Crippen molar-refractivity contribution < 1.29 is 4.79 Å². The normalized spacial score (nSPS) is 15.8. The second kappa shape index (κ2) is 8.32. The molecule has 32 heavy (non-hydrogen) atoms. The summed E-state index contributed by atoms with van der Waals surface area (Å²) in [6, 6.07) is 11.8. The van der Waals surface area contributed by atoms with Crippen molar-refractivity contribution in [1.29, 1.82) is 0 Å². The van der Waals surface area contributed by atoms with E-state index in [1.54, 1.807) is 12.3 Å². The Labute approximate surface area is 195 Å². The van der Waals surface area contributed by atoms with Crippen molar-refractivity contribution in [2.45, 2.75) is 46.5 Å². The molecule has 2 aromatic heterocycles. The molecule has 0 radical (unpaired) electrons. The maximum absolute atomic E-state index is 12.9. The van der Waals surface area contributed by atoms with Crippen LogP contribution in [0.2, 0.25) is 5.02 Å². The fourth-order valence-corrected chi connectivity index (χ4v) is 4.41. The van der Waals surface area contributed by atoms with E-state index in [2.05, 4.69) is 56.7 Å². The van der Waals surface area contributed by atoms with E-state index in [0.717, 1.165) is 47.5 Å². The molecule has 0 atom stereocenters. The quantitative estimate of drug-likeness (QED) is 0.452. The van der Waals surface area contributed by atoms with Crippen LogP contribution in [0.25, 0.3) is 22.3 Å². The van der Waals surface area contributed by atoms with Crippen molar-refractivity contribution in [3.05, 3.63) is 71.3 Å². The predicted octanol–water partition coefficient (Wildman–Crippen LogP) is 6.63. The van der Waals surface area contributed by atoms with E-state index in [0.29, 0.717) is 10.6 Å². The van der Waals surface area contributed by atoms with Crippen LogP contribution in [0, 0.1) is 5.41 Å². The first-order valence-electron chi connectivity index (χ1n) is 11.0. The highest BCUT2D eigenvalue weighted by molar-refractivity contribution is 6.33. The van der Waals surface area contributed by atoms with Gasteiger partial charge >= 0.3 is 0 Å². The third-order valence-corrected chi connectivity index (χ3v) is 6.40. The molecule has 0 aliphatic carbocycles. The first-order chi connectivity index (χ1) is 15.0. The molecule has 4 nitrogen and oxygen atoms in total. The van der Waals surface area contributed by atoms with Crippen molar-refractivity contribution in [2.24, 2.45) is 5.41 Å². The minimum absolute atomic E-state index is 0.0305. The fourth-order valence-electron chi connectivity index (χ4n) is 4.12. The lowest BCUT2D eigenvalue weighted by Crippen LogP contribution is -2.30. The van der Waals surface area contributed by atoms with Gasteiger partial charge in [0.15, 0.2) is 0 Å². The number of benzene rings is 1. The van der Waals surface area contributed by atoms with Crippen LogP contribution < -0.4 is 0 Å². The number of carbonyl (C=O) groups is 1. The number of carbonyl (C=O) groups excluding carboxylic acids is 1. The standard InChI is InChI=1S/C27H30ClN3O/c1-26(2,3)24-14-18(8-10-30-24)20-12-21(16-29-15-20)22-7-6-19(13-23(22)28)25(32)31-11-9-27(4,5)17-31/h6-8,10,12-16H,9,11,17H2,1-5H3. The Bertz CT molecular complexity index is 1160. The molecular weight excluding hydrogens is 418 g/mol. The molecule has 1 amide bonds. The van der Waals surface area contributed by atoms with E-state index in [1.165, 1.54) is 0 Å². The summed E-state index contributed by atoms with van der Waals surface area (Å²) in [5.74, 6) is 0.0439. The monoisotopic (exact) mass is 447 g/mol. The Hall–Kier alpha value is -2.72. The number of hydrogen-bond acceptors (Lipinski definition) is 3. The molecule has 0 spiro atoms. The zero-order chi connectivity index (χ0) is 23.1. The van der Waals surface area contributed by atoms with Crippen LogP contribution in [-0.4, -0.2) is 33.9 Å². The molecule has 0 unspecified atom stereocenters. The zero-order valence-corrected chi connectivity index (χ0v) is 20.2. The summed E-state index contributed by atoms with van der Waals surface area (Å²) < 4.78 is 0. The van der Waals surface area contributed by atoms with Gasteiger partial charge in [-0.1, -0.05) is 52.3 Å². The van der Waals surface area contributed by atoms with E-state index in [-0.39, 0.29) is 16.7 Å². The first-order valence-corrected chi connectivity index (χ1v) is 11.4. The summed E-state index contributed by atoms with van der Waals surface area (Å²) in [4.78, 5) is 23.8. The molecule has 1 fully saturated rings. The van der Waals surface area contributed by atoms with Gasteiger partial charge in [-0.3, -0.25) is 14.8 Å². The number of nitrogens with zero attached hydrogens (tertiary/aromatic N) is 3. The molecule has 3 aromatic rings. The van der Waals surface area contributed by atoms with Gasteiger partial charge in [-0.05, 0) is 47.7 Å². The van der Waals surface area contributed by atoms with Crippen LogP contribution in [0.5, 0.6) is 0 Å². The number of pyridine rings is 2. The van der Waals surface area contributed by atoms with Crippen LogP contribution in [-0.2, 0) is 5.41 Å². The maximum atomic E-state index is 12.9. The number of hydrogen-bond donors (Lipinski definition) is 0. The Kier molecular flexibility index (Phi) is 5.85. The molecule has 1 saturated heterocycles. The van der Waals surface area contributed by atoms with Crippen molar-refractivity contribution >= 4 is 17.5 Å². The highest BCUT2D eigenvalue weighted by atomic mass is 35.5. The van der Waals surface area contributed by atoms with Gasteiger partial charge in [-0.15, -0.1) is 0 Å². The number of rotatable bonds is 3. The minimum Gasteiger partial charge on any atom is -0.338 e. The molecule has 4 rings (SSSR count). The SMILES string of the molecule is CC1(C)CCN(C(=O)c2ccc(-c3cncc(-c4ccnc(C(C)(C)C)c4)c3)c(Cl)c2)C1. The third-order valence-electron chi connectivity index (χ3n) is 6.09. The lowest BCUT2D eigenvalue weighted by atomic mass is 9.90. The second-order valence-corrected chi connectivity index (χ2v) is 10.9. The van der Waals surface area contributed by atoms with Gasteiger partial charge in [-0.2, -0.15) is 0 Å². The highest BCUT2D eigenvalue weighted by Gasteiger charge is 2.32. The number of likely N-dealkylation sites (tertiary alicyclic amines) is 1. The summed E-state index contributed by atoms with van der Waals surface area (Å²) in [5.41, 5.74) is 5.66. The summed E-state index contributed by atoms with van der Waals surface area (Å²) in [6.45, 7) is 12.4. The number of amides is 1. The summed E-state index contributed by atoms with van der Waals surface area (Å²) in [6.07, 6.45) is 6.53. The van der Waals surface area contributed by atoms with Crippen LogP contribution in [0.1, 0.15) is 57.1 Å². The molecule has 1 aliphatic rings. The van der Waals surface area contributed by atoms with Crippen molar-refractivity contribution in [3.63, 3.8) is 0 Å². The summed E-state index contributed by atoms with van der Waals surface area (Å²) in [5, 5.41) is 0.554. The van der Waals surface area contributed by atoms with E-state index < -0.39 is 0 Å². The van der Waals surface area contributed by atoms with Gasteiger partial charge < -0.3 is 4.90 Å². The molecule has 0 saturated carbocycles. The average molecular weight is 448 g/mol. The fraction of sp³-hybridized carbons (Fsp3) is 0.370. The van der Waals surface area contributed by atoms with Crippen LogP contribution in [0.4, 0.5) is 0 Å². The minimum atomic E-state index is -0.0305. The van der Waals surface area contributed by atoms with Gasteiger partial charge in [0.2, 0.25) is 0 Å². The third kappa shape index (κ3) is 4.71. The Morgan fingerprint density at radius 2 is 1.78 bits per heavy atom. The van der Waals surface area contributed by atoms with Crippen LogP contribution in [0.15, 0.2) is 55.0 Å². The Morgan fingerprint density at radius 1 is 1.03 bits per heavy atom. The molecular formula is C27H30ClN3O. The van der Waals surface area contributed by atoms with E-state index >= 15 is 0 Å². The summed E-state index contributed by atoms with van der Waals surface area (Å²) >= 11 is 6.65. The molecule has 5 heteroatoms. The largest absolute Gasteiger partial charge is 0.338 e. The Balaban J connectivity index is 1.62. The molecule has 1 aromatic carbocycles. The molecule has 3 heterocycles. The number of aromatic nitrogens is 2. The summed E-state index contributed by atoms with van der Waals surface area (Å²) in [7, 11) is 0. The van der Waals surface area contributed by atoms with Gasteiger partial charge in [0.05, 0.1) is 0 Å². The lowest BCUT2D eigenvalue weighted by Gasteiger charge is -2.20. The first kappa shape index (κ1) is 22.5. The smallest absolute Gasteiger partial charge is 0.253 e. The van der Waals surface area contributed by atoms with Gasteiger partial charge in [0.25, 0.3) is 5.91 Å².